The second kappa shape index (κ2) is 9.89. The van der Waals surface area contributed by atoms with Crippen LogP contribution in [0.5, 0.6) is 11.6 Å². The summed E-state index contributed by atoms with van der Waals surface area (Å²) < 4.78 is 43.9. The maximum atomic E-state index is 12.9. The normalized spacial score (nSPS) is 15.3. The maximum Gasteiger partial charge on any atom is 0.417 e. The number of amides is 1. The minimum atomic E-state index is -4.47. The van der Waals surface area contributed by atoms with Crippen LogP contribution in [-0.2, 0) is 11.0 Å². The first-order chi connectivity index (χ1) is 15.9. The van der Waals surface area contributed by atoms with Crippen LogP contribution >= 0.6 is 0 Å². The number of carbonyl (C=O) groups excluding carboxylic acids is 1. The van der Waals surface area contributed by atoms with Crippen LogP contribution in [0.3, 0.4) is 0 Å². The lowest BCUT2D eigenvalue weighted by atomic mass is 9.89. The first-order valence-electron chi connectivity index (χ1n) is 10.6. The van der Waals surface area contributed by atoms with Gasteiger partial charge in [0.25, 0.3) is 0 Å². The van der Waals surface area contributed by atoms with E-state index >= 15 is 0 Å². The van der Waals surface area contributed by atoms with Crippen molar-refractivity contribution in [2.24, 2.45) is 10.9 Å². The van der Waals surface area contributed by atoms with E-state index in [1.807, 2.05) is 0 Å². The van der Waals surface area contributed by atoms with Crippen molar-refractivity contribution in [3.63, 3.8) is 0 Å². The van der Waals surface area contributed by atoms with E-state index in [-0.39, 0.29) is 17.7 Å². The Kier molecular flexibility index (Phi) is 6.76. The zero-order chi connectivity index (χ0) is 23.3. The van der Waals surface area contributed by atoms with Gasteiger partial charge in [-0.05, 0) is 37.1 Å². The molecule has 1 saturated carbocycles. The van der Waals surface area contributed by atoms with Crippen molar-refractivity contribution in [2.45, 2.75) is 38.3 Å². The zero-order valence-electron chi connectivity index (χ0n) is 17.6. The van der Waals surface area contributed by atoms with Gasteiger partial charge in [0.1, 0.15) is 11.5 Å². The minimum Gasteiger partial charge on any atom is -0.439 e. The Labute approximate surface area is 188 Å². The molecule has 3 aromatic rings. The van der Waals surface area contributed by atoms with Crippen LogP contribution in [0.15, 0.2) is 66.0 Å². The number of pyridine rings is 1. The Morgan fingerprint density at radius 1 is 0.970 bits per heavy atom. The van der Waals surface area contributed by atoms with Crippen LogP contribution < -0.4 is 4.74 Å². The van der Waals surface area contributed by atoms with Gasteiger partial charge >= 0.3 is 6.18 Å². The number of aromatic nitrogens is 3. The van der Waals surface area contributed by atoms with Crippen LogP contribution in [0.4, 0.5) is 13.2 Å². The van der Waals surface area contributed by atoms with E-state index in [1.54, 1.807) is 42.7 Å². The Balaban J connectivity index is 1.62. The third-order valence-electron chi connectivity index (χ3n) is 5.35. The van der Waals surface area contributed by atoms with Crippen molar-refractivity contribution in [3.05, 3.63) is 78.0 Å². The molecular weight excluding hydrogens is 433 g/mol. The molecule has 0 saturated heterocycles. The highest BCUT2D eigenvalue weighted by atomic mass is 19.4. The summed E-state index contributed by atoms with van der Waals surface area (Å²) in [5.74, 6) is 0.314. The number of alkyl halides is 3. The maximum absolute atomic E-state index is 12.9. The monoisotopic (exact) mass is 454 g/mol. The number of nitrogens with zero attached hydrogens (tertiary/aromatic N) is 4. The van der Waals surface area contributed by atoms with Crippen molar-refractivity contribution in [3.8, 4) is 11.6 Å². The molecule has 1 amide bonds. The molecule has 0 atom stereocenters. The van der Waals surface area contributed by atoms with E-state index in [2.05, 4.69) is 19.9 Å². The average Bonchev–Trinajstić information content (AvgIpc) is 2.83. The van der Waals surface area contributed by atoms with E-state index < -0.39 is 11.7 Å². The summed E-state index contributed by atoms with van der Waals surface area (Å²) in [5, 5.41) is 0. The summed E-state index contributed by atoms with van der Waals surface area (Å²) in [4.78, 5) is 29.5. The van der Waals surface area contributed by atoms with Gasteiger partial charge in [0, 0.05) is 36.1 Å². The molecule has 1 fully saturated rings. The Hall–Kier alpha value is -3.62. The molecule has 0 aliphatic heterocycles. The summed E-state index contributed by atoms with van der Waals surface area (Å²) in [6, 6.07) is 10.4. The van der Waals surface area contributed by atoms with Crippen molar-refractivity contribution in [2.75, 3.05) is 0 Å². The summed E-state index contributed by atoms with van der Waals surface area (Å²) in [6.45, 7) is 0. The molecular formula is C24H21F3N4O2. The van der Waals surface area contributed by atoms with Crippen LogP contribution in [0.2, 0.25) is 0 Å². The largest absolute Gasteiger partial charge is 0.439 e. The molecule has 4 rings (SSSR count). The van der Waals surface area contributed by atoms with E-state index in [1.165, 1.54) is 0 Å². The number of benzene rings is 1. The molecule has 1 aliphatic rings. The fraction of sp³-hybridized carbons (Fsp3) is 0.292. The molecule has 33 heavy (non-hydrogen) atoms. The van der Waals surface area contributed by atoms with Gasteiger partial charge in [0.05, 0.1) is 5.56 Å². The molecule has 0 N–H and O–H groups in total. The van der Waals surface area contributed by atoms with Crippen molar-refractivity contribution in [1.82, 2.24) is 15.0 Å². The number of aliphatic imine (C=N–C) groups is 1. The van der Waals surface area contributed by atoms with E-state index in [9.17, 15) is 18.0 Å². The standard InChI is InChI=1S/C24H21F3N4O2/c25-24(26,27)18-10-11-20(30-15-18)33-19-9-4-8-17(14-19)21(22-28-12-5-13-29-22)31-23(32)16-6-2-1-3-7-16/h4-5,8-16H,1-3,6-7H2. The van der Waals surface area contributed by atoms with E-state index in [0.717, 1.165) is 44.2 Å². The van der Waals surface area contributed by atoms with E-state index in [4.69, 9.17) is 4.74 Å². The third kappa shape index (κ3) is 5.79. The smallest absolute Gasteiger partial charge is 0.417 e. The minimum absolute atomic E-state index is 0.00730. The Bertz CT molecular complexity index is 1130. The second-order valence-corrected chi connectivity index (χ2v) is 7.72. The zero-order valence-corrected chi connectivity index (χ0v) is 17.6. The van der Waals surface area contributed by atoms with Gasteiger partial charge in [-0.1, -0.05) is 31.4 Å². The first-order valence-corrected chi connectivity index (χ1v) is 10.6. The number of hydrogen-bond donors (Lipinski definition) is 0. The molecule has 1 aromatic carbocycles. The third-order valence-corrected chi connectivity index (χ3v) is 5.35. The van der Waals surface area contributed by atoms with Gasteiger partial charge in [0.15, 0.2) is 5.82 Å². The van der Waals surface area contributed by atoms with E-state index in [0.29, 0.717) is 29.0 Å². The second-order valence-electron chi connectivity index (χ2n) is 7.72. The number of carbonyl (C=O) groups is 1. The molecule has 9 heteroatoms. The number of hydrogen-bond acceptors (Lipinski definition) is 5. The van der Waals surface area contributed by atoms with Gasteiger partial charge in [-0.3, -0.25) is 4.79 Å². The molecule has 0 spiro atoms. The van der Waals surface area contributed by atoms with Crippen LogP contribution in [0.25, 0.3) is 0 Å². The highest BCUT2D eigenvalue weighted by Gasteiger charge is 2.30. The first kappa shape index (κ1) is 22.6. The quantitative estimate of drug-likeness (QED) is 0.467. The Morgan fingerprint density at radius 2 is 1.73 bits per heavy atom. The molecule has 2 heterocycles. The lowest BCUT2D eigenvalue weighted by molar-refractivity contribution is -0.137. The number of ether oxygens (including phenoxy) is 1. The van der Waals surface area contributed by atoms with Gasteiger partial charge in [-0.2, -0.15) is 13.2 Å². The van der Waals surface area contributed by atoms with Gasteiger partial charge in [-0.15, -0.1) is 0 Å². The van der Waals surface area contributed by atoms with Gasteiger partial charge in [0.2, 0.25) is 11.8 Å². The molecule has 2 aromatic heterocycles. The van der Waals surface area contributed by atoms with Crippen molar-refractivity contribution >= 4 is 11.6 Å². The molecule has 170 valence electrons. The van der Waals surface area contributed by atoms with Crippen LogP contribution in [-0.4, -0.2) is 26.6 Å². The lowest BCUT2D eigenvalue weighted by Gasteiger charge is -2.18. The van der Waals surface area contributed by atoms with Gasteiger partial charge < -0.3 is 4.74 Å². The Morgan fingerprint density at radius 3 is 2.39 bits per heavy atom. The van der Waals surface area contributed by atoms with Crippen molar-refractivity contribution < 1.29 is 22.7 Å². The molecule has 0 radical (unpaired) electrons. The highest BCUT2D eigenvalue weighted by molar-refractivity contribution is 6.15. The highest BCUT2D eigenvalue weighted by Crippen LogP contribution is 2.30. The molecule has 0 unspecified atom stereocenters. The number of halogens is 3. The summed E-state index contributed by atoms with van der Waals surface area (Å²) in [6.07, 6.45) is 4.13. The van der Waals surface area contributed by atoms with Gasteiger partial charge in [-0.25, -0.2) is 19.9 Å². The van der Waals surface area contributed by atoms with Crippen LogP contribution in [0, 0.1) is 5.92 Å². The van der Waals surface area contributed by atoms with Crippen LogP contribution in [0.1, 0.15) is 49.1 Å². The molecule has 1 aliphatic carbocycles. The predicted molar refractivity (Wildman–Crippen MR) is 115 cm³/mol. The van der Waals surface area contributed by atoms with Crippen molar-refractivity contribution in [1.29, 1.82) is 0 Å². The molecule has 0 bridgehead atoms. The topological polar surface area (TPSA) is 77.3 Å². The average molecular weight is 454 g/mol. The fourth-order valence-corrected chi connectivity index (χ4v) is 3.65. The molecule has 6 nitrogen and oxygen atoms in total. The summed E-state index contributed by atoms with van der Waals surface area (Å²) in [5.41, 5.74) is 0.00671. The fourth-order valence-electron chi connectivity index (χ4n) is 3.65. The summed E-state index contributed by atoms with van der Waals surface area (Å²) in [7, 11) is 0. The summed E-state index contributed by atoms with van der Waals surface area (Å²) >= 11 is 0. The predicted octanol–water partition coefficient (Wildman–Crippen LogP) is 5.63. The lowest BCUT2D eigenvalue weighted by Crippen LogP contribution is -2.19. The SMILES string of the molecule is O=C(N=C(c1cccc(Oc2ccc(C(F)(F)F)cn2)c1)c1ncccn1)C1CCCCC1. The number of rotatable bonds is 5.